The van der Waals surface area contributed by atoms with Crippen molar-refractivity contribution in [3.63, 3.8) is 0 Å². The number of nitrogens with one attached hydrogen (secondary N) is 1. The predicted octanol–water partition coefficient (Wildman–Crippen LogP) is 0.220. The maximum Gasteiger partial charge on any atom is 0.419 e. The third kappa shape index (κ3) is 4.57. The van der Waals surface area contributed by atoms with E-state index in [2.05, 4.69) is 5.32 Å². The van der Waals surface area contributed by atoms with Gasteiger partial charge in [0.05, 0.1) is 23.4 Å². The van der Waals surface area contributed by atoms with Crippen LogP contribution < -0.4 is 11.1 Å². The zero-order valence-electron chi connectivity index (χ0n) is 14.7. The molecule has 0 bridgehead atoms. The molecular weight excluding hydrogens is 376 g/mol. The first-order chi connectivity index (χ1) is 12.7. The first-order valence-electron chi connectivity index (χ1n) is 8.54. The molecule has 1 fully saturated rings. The van der Waals surface area contributed by atoms with Gasteiger partial charge in [0, 0.05) is 12.6 Å². The second-order valence-corrected chi connectivity index (χ2v) is 8.71. The molecule has 1 aromatic heterocycles. The molecule has 10 heteroatoms. The summed E-state index contributed by atoms with van der Waals surface area (Å²) in [5, 5.41) is 2.58. The Balaban J connectivity index is 1.52. The van der Waals surface area contributed by atoms with E-state index >= 15 is 0 Å². The standard InChI is InChI=1S/C17H20N2O7S/c1-11(16(21)18-12-7-9-27(23,24)10-12)25-15(20)6-8-19-13-4-2-3-5-14(13)26-17(19)22/h2-5,11-12H,6-10H2,1H3,(H,18,21)/t11-,12+/m1/s1. The fourth-order valence-corrected chi connectivity index (χ4v) is 4.64. The van der Waals surface area contributed by atoms with Crippen molar-refractivity contribution in [3.8, 4) is 0 Å². The molecule has 0 radical (unpaired) electrons. The Kier molecular flexibility index (Phi) is 5.36. The smallest absolute Gasteiger partial charge is 0.419 e. The number of carbonyl (C=O) groups is 2. The molecule has 27 heavy (non-hydrogen) atoms. The molecule has 3 rings (SSSR count). The van der Waals surface area contributed by atoms with E-state index in [4.69, 9.17) is 9.15 Å². The van der Waals surface area contributed by atoms with E-state index in [9.17, 15) is 22.8 Å². The number of nitrogens with zero attached hydrogens (tertiary/aromatic N) is 1. The molecule has 1 saturated heterocycles. The largest absolute Gasteiger partial charge is 0.452 e. The fourth-order valence-electron chi connectivity index (χ4n) is 2.97. The summed E-state index contributed by atoms with van der Waals surface area (Å²) in [6, 6.07) is 6.39. The number of benzene rings is 1. The van der Waals surface area contributed by atoms with E-state index in [0.29, 0.717) is 17.5 Å². The van der Waals surface area contributed by atoms with E-state index in [-0.39, 0.29) is 24.5 Å². The van der Waals surface area contributed by atoms with Crippen molar-refractivity contribution in [3.05, 3.63) is 34.8 Å². The summed E-state index contributed by atoms with van der Waals surface area (Å²) in [4.78, 5) is 35.9. The Bertz CT molecular complexity index is 1020. The molecule has 146 valence electrons. The van der Waals surface area contributed by atoms with E-state index in [1.54, 1.807) is 24.3 Å². The minimum absolute atomic E-state index is 0.0412. The summed E-state index contributed by atoms with van der Waals surface area (Å²) >= 11 is 0. The number of hydrogen-bond donors (Lipinski definition) is 1. The topological polar surface area (TPSA) is 125 Å². The quantitative estimate of drug-likeness (QED) is 0.693. The number of carbonyl (C=O) groups excluding carboxylic acids is 2. The van der Waals surface area contributed by atoms with Crippen LogP contribution in [0.2, 0.25) is 0 Å². The predicted molar refractivity (Wildman–Crippen MR) is 95.8 cm³/mol. The van der Waals surface area contributed by atoms with Crippen LogP contribution in [-0.4, -0.2) is 48.5 Å². The van der Waals surface area contributed by atoms with Crippen molar-refractivity contribution < 1.29 is 27.2 Å². The number of sulfone groups is 1. The van der Waals surface area contributed by atoms with Crippen molar-refractivity contribution in [2.45, 2.75) is 38.5 Å². The third-order valence-corrected chi connectivity index (χ3v) is 6.14. The highest BCUT2D eigenvalue weighted by molar-refractivity contribution is 7.91. The van der Waals surface area contributed by atoms with Gasteiger partial charge in [-0.25, -0.2) is 13.2 Å². The Hall–Kier alpha value is -2.62. The maximum atomic E-state index is 12.1. The lowest BCUT2D eigenvalue weighted by Crippen LogP contribution is -2.42. The number of fused-ring (bicyclic) bond motifs is 1. The molecule has 1 N–H and O–H groups in total. The number of esters is 1. The van der Waals surface area contributed by atoms with Crippen LogP contribution in [0.15, 0.2) is 33.5 Å². The molecule has 2 aromatic rings. The number of amides is 1. The van der Waals surface area contributed by atoms with Crippen molar-refractivity contribution >= 4 is 32.8 Å². The van der Waals surface area contributed by atoms with Crippen LogP contribution in [0.5, 0.6) is 0 Å². The molecule has 9 nitrogen and oxygen atoms in total. The average Bonchev–Trinajstić information content (AvgIpc) is 3.10. The van der Waals surface area contributed by atoms with Gasteiger partial charge >= 0.3 is 11.7 Å². The van der Waals surface area contributed by atoms with Gasteiger partial charge in [-0.2, -0.15) is 0 Å². The molecular formula is C17H20N2O7S. The van der Waals surface area contributed by atoms with Crippen molar-refractivity contribution in [2.24, 2.45) is 0 Å². The number of oxazole rings is 1. The Labute approximate surface area is 155 Å². The number of rotatable bonds is 6. The summed E-state index contributed by atoms with van der Waals surface area (Å²) in [6.45, 7) is 1.47. The van der Waals surface area contributed by atoms with Crippen molar-refractivity contribution in [2.75, 3.05) is 11.5 Å². The van der Waals surface area contributed by atoms with Crippen molar-refractivity contribution in [1.82, 2.24) is 9.88 Å². The molecule has 0 unspecified atom stereocenters. The number of para-hydroxylation sites is 2. The lowest BCUT2D eigenvalue weighted by atomic mass is 10.2. The van der Waals surface area contributed by atoms with Gasteiger partial charge in [0.25, 0.3) is 5.91 Å². The van der Waals surface area contributed by atoms with Gasteiger partial charge in [0.15, 0.2) is 21.5 Å². The maximum absolute atomic E-state index is 12.1. The highest BCUT2D eigenvalue weighted by Gasteiger charge is 2.30. The van der Waals surface area contributed by atoms with Crippen molar-refractivity contribution in [1.29, 1.82) is 0 Å². The Morgan fingerprint density at radius 3 is 2.81 bits per heavy atom. The second-order valence-electron chi connectivity index (χ2n) is 6.48. The molecule has 0 aliphatic carbocycles. The first-order valence-corrected chi connectivity index (χ1v) is 10.4. The zero-order chi connectivity index (χ0) is 19.6. The molecule has 1 amide bonds. The van der Waals surface area contributed by atoms with Gasteiger partial charge in [-0.15, -0.1) is 0 Å². The minimum Gasteiger partial charge on any atom is -0.452 e. The highest BCUT2D eigenvalue weighted by Crippen LogP contribution is 2.13. The lowest BCUT2D eigenvalue weighted by Gasteiger charge is -2.16. The Morgan fingerprint density at radius 1 is 1.37 bits per heavy atom. The molecule has 1 aromatic carbocycles. The van der Waals surface area contributed by atoms with Crippen LogP contribution in [0.4, 0.5) is 0 Å². The summed E-state index contributed by atoms with van der Waals surface area (Å²) in [7, 11) is -3.11. The summed E-state index contributed by atoms with van der Waals surface area (Å²) in [6.07, 6.45) is -0.817. The van der Waals surface area contributed by atoms with Crippen LogP contribution in [0, 0.1) is 0 Å². The van der Waals surface area contributed by atoms with Crippen LogP contribution >= 0.6 is 0 Å². The number of aromatic nitrogens is 1. The molecule has 1 aliphatic heterocycles. The summed E-state index contributed by atoms with van der Waals surface area (Å²) in [5.74, 6) is -1.82. The van der Waals surface area contributed by atoms with Gasteiger partial charge in [0.1, 0.15) is 0 Å². The summed E-state index contributed by atoms with van der Waals surface area (Å²) in [5.41, 5.74) is 0.999. The summed E-state index contributed by atoms with van der Waals surface area (Å²) < 4.78 is 34.3. The molecule has 0 spiro atoms. The molecule has 1 aliphatic rings. The minimum atomic E-state index is -3.11. The SMILES string of the molecule is C[C@@H](OC(=O)CCn1c(=O)oc2ccccc21)C(=O)N[C@H]1CCS(=O)(=O)C1. The number of aryl methyl sites for hydroxylation is 1. The van der Waals surface area contributed by atoms with Crippen LogP contribution in [0.1, 0.15) is 19.8 Å². The van der Waals surface area contributed by atoms with Gasteiger partial charge in [-0.1, -0.05) is 12.1 Å². The van der Waals surface area contributed by atoms with Gasteiger partial charge in [-0.3, -0.25) is 14.2 Å². The molecule has 2 heterocycles. The lowest BCUT2D eigenvalue weighted by molar-refractivity contribution is -0.155. The van der Waals surface area contributed by atoms with E-state index < -0.39 is 39.6 Å². The van der Waals surface area contributed by atoms with Gasteiger partial charge in [-0.05, 0) is 25.5 Å². The van der Waals surface area contributed by atoms with E-state index in [1.807, 2.05) is 0 Å². The number of hydrogen-bond acceptors (Lipinski definition) is 7. The first kappa shape index (κ1) is 19.2. The van der Waals surface area contributed by atoms with Crippen LogP contribution in [0.25, 0.3) is 11.1 Å². The van der Waals surface area contributed by atoms with E-state index in [0.717, 1.165) is 0 Å². The Morgan fingerprint density at radius 2 is 2.11 bits per heavy atom. The zero-order valence-corrected chi connectivity index (χ0v) is 15.5. The second kappa shape index (κ2) is 7.55. The van der Waals surface area contributed by atoms with Crippen LogP contribution in [-0.2, 0) is 30.7 Å². The number of ether oxygens (including phenoxy) is 1. The van der Waals surface area contributed by atoms with Crippen LogP contribution in [0.3, 0.4) is 0 Å². The average molecular weight is 396 g/mol. The highest BCUT2D eigenvalue weighted by atomic mass is 32.2. The third-order valence-electron chi connectivity index (χ3n) is 4.37. The normalized spacial score (nSPS) is 19.7. The van der Waals surface area contributed by atoms with Gasteiger partial charge in [0.2, 0.25) is 0 Å². The molecule has 2 atom stereocenters. The van der Waals surface area contributed by atoms with Gasteiger partial charge < -0.3 is 14.5 Å². The van der Waals surface area contributed by atoms with E-state index in [1.165, 1.54) is 11.5 Å². The molecule has 0 saturated carbocycles. The monoisotopic (exact) mass is 396 g/mol. The fraction of sp³-hybridized carbons (Fsp3) is 0.471.